The Morgan fingerprint density at radius 1 is 1.33 bits per heavy atom. The lowest BCUT2D eigenvalue weighted by Crippen LogP contribution is -2.30. The summed E-state index contributed by atoms with van der Waals surface area (Å²) < 4.78 is 1.91. The quantitative estimate of drug-likeness (QED) is 0.619. The number of carbonyl (C=O) groups is 1. The first-order valence-electron chi connectivity index (χ1n) is 8.34. The molecule has 1 aliphatic rings. The van der Waals surface area contributed by atoms with Crippen LogP contribution in [0.2, 0.25) is 0 Å². The second-order valence-electron chi connectivity index (χ2n) is 5.87. The van der Waals surface area contributed by atoms with Crippen molar-refractivity contribution in [3.05, 3.63) is 41.7 Å². The van der Waals surface area contributed by atoms with Gasteiger partial charge in [-0.3, -0.25) is 4.79 Å². The van der Waals surface area contributed by atoms with Crippen molar-refractivity contribution in [2.24, 2.45) is 0 Å². The molecule has 1 aromatic carbocycles. The highest BCUT2D eigenvalue weighted by Crippen LogP contribution is 2.20. The minimum absolute atomic E-state index is 0.138. The van der Waals surface area contributed by atoms with E-state index in [2.05, 4.69) is 33.1 Å². The predicted molar refractivity (Wildman–Crippen MR) is 95.4 cm³/mol. The molecule has 24 heavy (non-hydrogen) atoms. The fraction of sp³-hybridized carbons (Fsp3) is 0.471. The molecule has 0 unspecified atom stereocenters. The lowest BCUT2D eigenvalue weighted by Gasteiger charge is -2.23. The van der Waals surface area contributed by atoms with Gasteiger partial charge in [-0.15, -0.1) is 16.9 Å². The average molecular weight is 345 g/mol. The first-order chi connectivity index (χ1) is 11.8. The predicted octanol–water partition coefficient (Wildman–Crippen LogP) is 2.03. The lowest BCUT2D eigenvalue weighted by molar-refractivity contribution is 0.0950. The van der Waals surface area contributed by atoms with Gasteiger partial charge in [0.1, 0.15) is 0 Å². The number of hydrogen-bond donors (Lipinski definition) is 2. The topological polar surface area (TPSA) is 71.8 Å². The van der Waals surface area contributed by atoms with Crippen molar-refractivity contribution < 1.29 is 4.79 Å². The van der Waals surface area contributed by atoms with Gasteiger partial charge in [-0.1, -0.05) is 23.4 Å². The minimum Gasteiger partial charge on any atom is -0.350 e. The van der Waals surface area contributed by atoms with Crippen LogP contribution in [0.1, 0.15) is 35.1 Å². The number of rotatable bonds is 6. The molecule has 7 heteroatoms. The summed E-state index contributed by atoms with van der Waals surface area (Å²) in [4.78, 5) is 13.5. The number of nitrogens with one attached hydrogen (secondary N) is 2. The van der Waals surface area contributed by atoms with E-state index in [0.29, 0.717) is 18.3 Å². The number of benzene rings is 1. The first kappa shape index (κ1) is 17.0. The summed E-state index contributed by atoms with van der Waals surface area (Å²) >= 11 is 1.73. The molecule has 1 fully saturated rings. The monoisotopic (exact) mass is 345 g/mol. The molecule has 1 amide bonds. The third kappa shape index (κ3) is 4.15. The summed E-state index contributed by atoms with van der Waals surface area (Å²) in [6, 6.07) is 10.5. The number of piperidine rings is 1. The Balaban J connectivity index is 1.51. The number of aromatic nitrogens is 3. The zero-order valence-corrected chi connectivity index (χ0v) is 14.7. The van der Waals surface area contributed by atoms with Crippen LogP contribution in [0, 0.1) is 6.92 Å². The SMILES string of the molecule is Cc1c(C(=O)NCCSc2ccccc2)nnn1C1CCNCC1. The van der Waals surface area contributed by atoms with Crippen LogP contribution < -0.4 is 10.6 Å². The van der Waals surface area contributed by atoms with Crippen LogP contribution >= 0.6 is 11.8 Å². The van der Waals surface area contributed by atoms with E-state index in [0.717, 1.165) is 37.4 Å². The van der Waals surface area contributed by atoms with Gasteiger partial charge in [0.25, 0.3) is 5.91 Å². The molecule has 0 bridgehead atoms. The lowest BCUT2D eigenvalue weighted by atomic mass is 10.1. The van der Waals surface area contributed by atoms with Crippen molar-refractivity contribution in [1.82, 2.24) is 25.6 Å². The van der Waals surface area contributed by atoms with Gasteiger partial charge in [0.2, 0.25) is 0 Å². The second kappa shape index (κ2) is 8.30. The largest absolute Gasteiger partial charge is 0.350 e. The number of hydrogen-bond acceptors (Lipinski definition) is 5. The van der Waals surface area contributed by atoms with Crippen LogP contribution in [0.25, 0.3) is 0 Å². The van der Waals surface area contributed by atoms with E-state index in [1.165, 1.54) is 4.90 Å². The highest BCUT2D eigenvalue weighted by atomic mass is 32.2. The van der Waals surface area contributed by atoms with E-state index >= 15 is 0 Å². The molecule has 0 atom stereocenters. The molecule has 2 aromatic rings. The number of nitrogens with zero attached hydrogens (tertiary/aromatic N) is 3. The maximum absolute atomic E-state index is 12.3. The van der Waals surface area contributed by atoms with Crippen LogP contribution in [0.5, 0.6) is 0 Å². The Hall–Kier alpha value is -1.86. The Morgan fingerprint density at radius 3 is 2.83 bits per heavy atom. The molecule has 128 valence electrons. The van der Waals surface area contributed by atoms with Crippen LogP contribution in [-0.4, -0.2) is 46.3 Å². The Labute approximate surface area is 146 Å². The van der Waals surface area contributed by atoms with Crippen molar-refractivity contribution in [3.8, 4) is 0 Å². The zero-order chi connectivity index (χ0) is 16.8. The van der Waals surface area contributed by atoms with Gasteiger partial charge in [0, 0.05) is 17.2 Å². The summed E-state index contributed by atoms with van der Waals surface area (Å²) in [7, 11) is 0. The van der Waals surface area contributed by atoms with Crippen molar-refractivity contribution in [2.45, 2.75) is 30.7 Å². The molecule has 1 saturated heterocycles. The van der Waals surface area contributed by atoms with E-state index in [1.807, 2.05) is 29.8 Å². The third-order valence-corrected chi connectivity index (χ3v) is 5.21. The van der Waals surface area contributed by atoms with Gasteiger partial charge >= 0.3 is 0 Å². The van der Waals surface area contributed by atoms with Crippen LogP contribution in [-0.2, 0) is 0 Å². The summed E-state index contributed by atoms with van der Waals surface area (Å²) in [6.07, 6.45) is 2.05. The fourth-order valence-electron chi connectivity index (χ4n) is 2.88. The Bertz CT molecular complexity index is 667. The molecule has 1 aromatic heterocycles. The Kier molecular flexibility index (Phi) is 5.87. The van der Waals surface area contributed by atoms with Gasteiger partial charge in [-0.05, 0) is 45.0 Å². The molecule has 0 spiro atoms. The maximum Gasteiger partial charge on any atom is 0.273 e. The van der Waals surface area contributed by atoms with Gasteiger partial charge in [0.05, 0.1) is 11.7 Å². The van der Waals surface area contributed by atoms with E-state index in [9.17, 15) is 4.79 Å². The highest BCUT2D eigenvalue weighted by Gasteiger charge is 2.22. The van der Waals surface area contributed by atoms with Gasteiger partial charge in [0.15, 0.2) is 5.69 Å². The average Bonchev–Trinajstić information content (AvgIpc) is 3.02. The molecule has 2 N–H and O–H groups in total. The summed E-state index contributed by atoms with van der Waals surface area (Å²) in [5, 5.41) is 14.6. The molecule has 3 rings (SSSR count). The molecular weight excluding hydrogens is 322 g/mol. The van der Waals surface area contributed by atoms with Crippen LogP contribution in [0.4, 0.5) is 0 Å². The number of carbonyl (C=O) groups excluding carboxylic acids is 1. The fourth-order valence-corrected chi connectivity index (χ4v) is 3.67. The first-order valence-corrected chi connectivity index (χ1v) is 9.33. The van der Waals surface area contributed by atoms with Gasteiger partial charge in [-0.25, -0.2) is 4.68 Å². The zero-order valence-electron chi connectivity index (χ0n) is 13.9. The van der Waals surface area contributed by atoms with Gasteiger partial charge < -0.3 is 10.6 Å². The molecule has 2 heterocycles. The Morgan fingerprint density at radius 2 is 2.08 bits per heavy atom. The van der Waals surface area contributed by atoms with Crippen molar-refractivity contribution in [3.63, 3.8) is 0 Å². The van der Waals surface area contributed by atoms with Crippen molar-refractivity contribution in [2.75, 3.05) is 25.4 Å². The van der Waals surface area contributed by atoms with E-state index in [4.69, 9.17) is 0 Å². The molecule has 0 aliphatic carbocycles. The maximum atomic E-state index is 12.3. The number of amides is 1. The number of thioether (sulfide) groups is 1. The van der Waals surface area contributed by atoms with Crippen LogP contribution in [0.3, 0.4) is 0 Å². The standard InChI is InChI=1S/C17H23N5OS/c1-13-16(20-21-22(13)14-7-9-18-10-8-14)17(23)19-11-12-24-15-5-3-2-4-6-15/h2-6,14,18H,7-12H2,1H3,(H,19,23). The molecule has 0 saturated carbocycles. The molecule has 1 aliphatic heterocycles. The summed E-state index contributed by atoms with van der Waals surface area (Å²) in [6.45, 7) is 4.51. The molecule has 0 radical (unpaired) electrons. The molecule has 6 nitrogen and oxygen atoms in total. The highest BCUT2D eigenvalue weighted by molar-refractivity contribution is 7.99. The minimum atomic E-state index is -0.138. The smallest absolute Gasteiger partial charge is 0.273 e. The van der Waals surface area contributed by atoms with Crippen LogP contribution in [0.15, 0.2) is 35.2 Å². The molecular formula is C17H23N5OS. The second-order valence-corrected chi connectivity index (χ2v) is 7.03. The van der Waals surface area contributed by atoms with E-state index in [1.54, 1.807) is 11.8 Å². The van der Waals surface area contributed by atoms with E-state index < -0.39 is 0 Å². The summed E-state index contributed by atoms with van der Waals surface area (Å²) in [5.74, 6) is 0.693. The third-order valence-electron chi connectivity index (χ3n) is 4.20. The van der Waals surface area contributed by atoms with Crippen molar-refractivity contribution >= 4 is 17.7 Å². The van der Waals surface area contributed by atoms with Gasteiger partial charge in [-0.2, -0.15) is 0 Å². The van der Waals surface area contributed by atoms with E-state index in [-0.39, 0.29) is 5.91 Å². The summed E-state index contributed by atoms with van der Waals surface area (Å²) in [5.41, 5.74) is 1.30. The van der Waals surface area contributed by atoms with Crippen molar-refractivity contribution in [1.29, 1.82) is 0 Å². The normalized spacial score (nSPS) is 15.4.